The van der Waals surface area contributed by atoms with Crippen LogP contribution in [0.25, 0.3) is 22.3 Å². The molecule has 5 amide bonds. The molecule has 0 bridgehead atoms. The SMILES string of the molecule is C[C@@H]1CC(n2cc(-c3cnc4ccccc4n3)cn2)C[C@H](C)N1C(=O)CCCCNc1ccc2c(c1)C(=O)N(C1CCC(=O)NC1=O)C2=O. The molecule has 0 saturated carbocycles. The molecule has 252 valence electrons. The summed E-state index contributed by atoms with van der Waals surface area (Å²) in [6.07, 6.45) is 9.31. The van der Waals surface area contributed by atoms with Crippen LogP contribution in [0, 0.1) is 0 Å². The van der Waals surface area contributed by atoms with Gasteiger partial charge in [-0.05, 0) is 76.3 Å². The number of likely N-dealkylation sites (tertiary alicyclic amines) is 1. The second-order valence-corrected chi connectivity index (χ2v) is 13.2. The first-order chi connectivity index (χ1) is 23.7. The first-order valence-corrected chi connectivity index (χ1v) is 16.8. The number of carbonyl (C=O) groups excluding carboxylic acids is 5. The average Bonchev–Trinajstić information content (AvgIpc) is 3.67. The summed E-state index contributed by atoms with van der Waals surface area (Å²) in [6.45, 7) is 4.78. The number of aromatic nitrogens is 4. The maximum absolute atomic E-state index is 13.3. The van der Waals surface area contributed by atoms with Crippen LogP contribution in [-0.2, 0) is 14.4 Å². The van der Waals surface area contributed by atoms with Gasteiger partial charge in [0.05, 0.1) is 46.3 Å². The number of piperidine rings is 2. The van der Waals surface area contributed by atoms with Gasteiger partial charge in [0.2, 0.25) is 17.7 Å². The van der Waals surface area contributed by atoms with Gasteiger partial charge in [-0.15, -0.1) is 0 Å². The first kappa shape index (κ1) is 32.1. The number of imide groups is 2. The Kier molecular flexibility index (Phi) is 8.66. The first-order valence-electron chi connectivity index (χ1n) is 16.8. The lowest BCUT2D eigenvalue weighted by atomic mass is 9.92. The molecule has 2 fully saturated rings. The molecule has 0 aliphatic carbocycles. The summed E-state index contributed by atoms with van der Waals surface area (Å²) < 4.78 is 2.00. The fraction of sp³-hybridized carbons (Fsp3) is 0.389. The third-order valence-electron chi connectivity index (χ3n) is 9.77. The molecule has 0 radical (unpaired) electrons. The standard InChI is InChI=1S/C36H38N8O5/c1-21-15-25(42-20-23(18-39-42)30-19-38-28-7-3-4-8-29(28)40-30)16-22(2)43(21)33(46)9-5-6-14-37-24-10-11-26-27(17-24)36(49)44(35(26)48)31-12-13-32(45)41-34(31)47/h3-4,7-8,10-11,17-22,25,31,37H,5-6,9,12-16H2,1-2H3,(H,41,45,47)/t21-,22+,25?,31?. The van der Waals surface area contributed by atoms with Crippen molar-refractivity contribution >= 4 is 46.3 Å². The quantitative estimate of drug-likeness (QED) is 0.199. The number of hydrogen-bond donors (Lipinski definition) is 2. The van der Waals surface area contributed by atoms with Gasteiger partial charge in [-0.3, -0.25) is 43.9 Å². The molecule has 2 aromatic carbocycles. The van der Waals surface area contributed by atoms with Crippen LogP contribution in [0.3, 0.4) is 0 Å². The van der Waals surface area contributed by atoms with Crippen LogP contribution in [0.4, 0.5) is 5.69 Å². The molecule has 2 unspecified atom stereocenters. The van der Waals surface area contributed by atoms with E-state index in [1.54, 1.807) is 24.4 Å². The van der Waals surface area contributed by atoms with E-state index < -0.39 is 29.7 Å². The highest BCUT2D eigenvalue weighted by Gasteiger charge is 2.44. The third-order valence-corrected chi connectivity index (χ3v) is 9.77. The van der Waals surface area contributed by atoms with Crippen molar-refractivity contribution in [1.29, 1.82) is 0 Å². The van der Waals surface area contributed by atoms with Crippen LogP contribution in [-0.4, -0.2) is 83.8 Å². The molecule has 3 aliphatic rings. The van der Waals surface area contributed by atoms with Crippen LogP contribution in [0.2, 0.25) is 0 Å². The Morgan fingerprint density at radius 2 is 1.69 bits per heavy atom. The fourth-order valence-corrected chi connectivity index (χ4v) is 7.36. The number of fused-ring (bicyclic) bond motifs is 2. The second-order valence-electron chi connectivity index (χ2n) is 13.2. The molecule has 7 rings (SSSR count). The van der Waals surface area contributed by atoms with Gasteiger partial charge in [0.25, 0.3) is 11.8 Å². The number of anilines is 1. The topological polar surface area (TPSA) is 159 Å². The van der Waals surface area contributed by atoms with E-state index in [4.69, 9.17) is 4.98 Å². The predicted octanol–water partition coefficient (Wildman–Crippen LogP) is 4.12. The van der Waals surface area contributed by atoms with Crippen molar-refractivity contribution in [3.05, 3.63) is 72.2 Å². The van der Waals surface area contributed by atoms with Gasteiger partial charge in [0, 0.05) is 48.9 Å². The van der Waals surface area contributed by atoms with Crippen molar-refractivity contribution in [2.75, 3.05) is 11.9 Å². The number of nitrogens with one attached hydrogen (secondary N) is 2. The Morgan fingerprint density at radius 3 is 2.47 bits per heavy atom. The molecule has 2 N–H and O–H groups in total. The summed E-state index contributed by atoms with van der Waals surface area (Å²) >= 11 is 0. The van der Waals surface area contributed by atoms with Gasteiger partial charge < -0.3 is 10.2 Å². The van der Waals surface area contributed by atoms with Crippen LogP contribution in [0.15, 0.2) is 61.1 Å². The Balaban J connectivity index is 0.885. The normalized spacial score (nSPS) is 22.4. The second kappa shape index (κ2) is 13.2. The Labute approximate surface area is 283 Å². The number of benzene rings is 2. The molecule has 3 aliphatic heterocycles. The highest BCUT2D eigenvalue weighted by atomic mass is 16.2. The largest absolute Gasteiger partial charge is 0.385 e. The number of carbonyl (C=O) groups is 5. The van der Waals surface area contributed by atoms with Crippen molar-refractivity contribution in [2.45, 2.75) is 83.0 Å². The van der Waals surface area contributed by atoms with E-state index in [1.165, 1.54) is 0 Å². The average molecular weight is 663 g/mol. The Hall–Kier alpha value is -5.46. The Bertz CT molecular complexity index is 1960. The van der Waals surface area contributed by atoms with E-state index in [1.807, 2.05) is 46.2 Å². The van der Waals surface area contributed by atoms with Crippen molar-refractivity contribution in [1.82, 2.24) is 34.9 Å². The summed E-state index contributed by atoms with van der Waals surface area (Å²) in [6, 6.07) is 12.0. The van der Waals surface area contributed by atoms with E-state index in [-0.39, 0.29) is 48.0 Å². The van der Waals surface area contributed by atoms with Gasteiger partial charge in [-0.1, -0.05) is 12.1 Å². The minimum atomic E-state index is -0.995. The van der Waals surface area contributed by atoms with E-state index in [9.17, 15) is 24.0 Å². The Morgan fingerprint density at radius 1 is 0.939 bits per heavy atom. The van der Waals surface area contributed by atoms with Crippen LogP contribution < -0.4 is 10.6 Å². The highest BCUT2D eigenvalue weighted by Crippen LogP contribution is 2.33. The van der Waals surface area contributed by atoms with Gasteiger partial charge in [-0.2, -0.15) is 5.10 Å². The van der Waals surface area contributed by atoms with Crippen molar-refractivity contribution in [3.8, 4) is 11.3 Å². The van der Waals surface area contributed by atoms with Crippen molar-refractivity contribution in [2.24, 2.45) is 0 Å². The number of unbranched alkanes of at least 4 members (excludes halogenated alkanes) is 1. The summed E-state index contributed by atoms with van der Waals surface area (Å²) in [7, 11) is 0. The smallest absolute Gasteiger partial charge is 0.262 e. The van der Waals surface area contributed by atoms with E-state index in [0.29, 0.717) is 25.1 Å². The minimum absolute atomic E-state index is 0.0684. The lowest BCUT2D eigenvalue weighted by Gasteiger charge is -2.42. The molecule has 4 atom stereocenters. The molecular weight excluding hydrogens is 624 g/mol. The zero-order valence-corrected chi connectivity index (χ0v) is 27.5. The fourth-order valence-electron chi connectivity index (χ4n) is 7.36. The van der Waals surface area contributed by atoms with Crippen LogP contribution >= 0.6 is 0 Å². The molecular formula is C36H38N8O5. The van der Waals surface area contributed by atoms with Crippen molar-refractivity contribution < 1.29 is 24.0 Å². The van der Waals surface area contributed by atoms with Gasteiger partial charge >= 0.3 is 0 Å². The summed E-state index contributed by atoms with van der Waals surface area (Å²) in [5.74, 6) is -1.97. The zero-order chi connectivity index (χ0) is 34.2. The maximum Gasteiger partial charge on any atom is 0.262 e. The number of nitrogens with zero attached hydrogens (tertiary/aromatic N) is 6. The number of para-hydroxylation sites is 2. The maximum atomic E-state index is 13.3. The molecule has 0 spiro atoms. The molecule has 4 aromatic rings. The number of hydrogen-bond acceptors (Lipinski definition) is 9. The van der Waals surface area contributed by atoms with Crippen molar-refractivity contribution in [3.63, 3.8) is 0 Å². The molecule has 49 heavy (non-hydrogen) atoms. The van der Waals surface area contributed by atoms with E-state index in [0.717, 1.165) is 46.5 Å². The molecule has 2 aromatic heterocycles. The van der Waals surface area contributed by atoms with E-state index >= 15 is 0 Å². The van der Waals surface area contributed by atoms with Crippen LogP contribution in [0.1, 0.15) is 85.6 Å². The van der Waals surface area contributed by atoms with Crippen LogP contribution in [0.5, 0.6) is 0 Å². The predicted molar refractivity (Wildman–Crippen MR) is 180 cm³/mol. The third kappa shape index (κ3) is 6.28. The highest BCUT2D eigenvalue weighted by molar-refractivity contribution is 6.23. The van der Waals surface area contributed by atoms with Gasteiger partial charge in [0.15, 0.2) is 0 Å². The zero-order valence-electron chi connectivity index (χ0n) is 27.5. The minimum Gasteiger partial charge on any atom is -0.385 e. The monoisotopic (exact) mass is 662 g/mol. The lowest BCUT2D eigenvalue weighted by molar-refractivity contribution is -0.138. The summed E-state index contributed by atoms with van der Waals surface area (Å²) in [4.78, 5) is 75.5. The summed E-state index contributed by atoms with van der Waals surface area (Å²) in [5, 5.41) is 10.2. The molecule has 13 heteroatoms. The van der Waals surface area contributed by atoms with Gasteiger partial charge in [0.1, 0.15) is 6.04 Å². The van der Waals surface area contributed by atoms with Gasteiger partial charge in [-0.25, -0.2) is 4.98 Å². The number of rotatable bonds is 9. The molecule has 5 heterocycles. The van der Waals surface area contributed by atoms with E-state index in [2.05, 4.69) is 34.6 Å². The summed E-state index contributed by atoms with van der Waals surface area (Å²) in [5.41, 5.74) is 4.54. The number of amides is 5. The lowest BCUT2D eigenvalue weighted by Crippen LogP contribution is -2.54. The molecule has 13 nitrogen and oxygen atoms in total. The molecule has 2 saturated heterocycles.